The van der Waals surface area contributed by atoms with Crippen LogP contribution in [0.3, 0.4) is 0 Å². The number of amides is 1. The quantitative estimate of drug-likeness (QED) is 0.811. The van der Waals surface area contributed by atoms with Gasteiger partial charge in [-0.05, 0) is 51.2 Å². The van der Waals surface area contributed by atoms with Crippen molar-refractivity contribution < 1.29 is 9.21 Å². The van der Waals surface area contributed by atoms with Gasteiger partial charge in [-0.1, -0.05) is 11.6 Å². The van der Waals surface area contributed by atoms with Crippen molar-refractivity contribution >= 4 is 5.91 Å². The molecule has 1 aliphatic rings. The van der Waals surface area contributed by atoms with Crippen molar-refractivity contribution in [3.05, 3.63) is 35.3 Å². The Kier molecular flexibility index (Phi) is 4.02. The summed E-state index contributed by atoms with van der Waals surface area (Å²) in [6.07, 6.45) is 8.26. The summed E-state index contributed by atoms with van der Waals surface area (Å²) in [5.74, 6) is 1.06. The Morgan fingerprint density at radius 1 is 1.41 bits per heavy atom. The van der Waals surface area contributed by atoms with E-state index in [2.05, 4.69) is 11.4 Å². The Balaban J connectivity index is 1.75. The van der Waals surface area contributed by atoms with Crippen LogP contribution in [0.5, 0.6) is 0 Å². The van der Waals surface area contributed by atoms with E-state index in [-0.39, 0.29) is 5.91 Å². The van der Waals surface area contributed by atoms with Crippen molar-refractivity contribution in [1.29, 1.82) is 0 Å². The van der Waals surface area contributed by atoms with Crippen molar-refractivity contribution in [3.8, 4) is 0 Å². The molecule has 1 N–H and O–H groups in total. The molecule has 1 aromatic rings. The molecule has 1 amide bonds. The summed E-state index contributed by atoms with van der Waals surface area (Å²) >= 11 is 0. The second-order valence-corrected chi connectivity index (χ2v) is 4.52. The van der Waals surface area contributed by atoms with Gasteiger partial charge >= 0.3 is 0 Å². The van der Waals surface area contributed by atoms with E-state index in [1.807, 2.05) is 6.92 Å². The molecule has 0 radical (unpaired) electrons. The number of furan rings is 1. The van der Waals surface area contributed by atoms with Gasteiger partial charge in [0.05, 0.1) is 0 Å². The number of allylic oxidation sites excluding steroid dienone is 1. The van der Waals surface area contributed by atoms with Crippen LogP contribution in [0.25, 0.3) is 0 Å². The fourth-order valence-corrected chi connectivity index (χ4v) is 2.11. The highest BCUT2D eigenvalue weighted by atomic mass is 16.3. The number of carbonyl (C=O) groups is 1. The van der Waals surface area contributed by atoms with E-state index >= 15 is 0 Å². The summed E-state index contributed by atoms with van der Waals surface area (Å²) in [5, 5.41) is 2.89. The first-order chi connectivity index (χ1) is 8.25. The topological polar surface area (TPSA) is 42.2 Å². The van der Waals surface area contributed by atoms with Crippen LogP contribution in [0, 0.1) is 6.92 Å². The molecule has 0 spiro atoms. The second kappa shape index (κ2) is 5.71. The number of nitrogens with one attached hydrogen (secondary N) is 1. The zero-order valence-electron chi connectivity index (χ0n) is 10.3. The average Bonchev–Trinajstić information content (AvgIpc) is 2.77. The van der Waals surface area contributed by atoms with E-state index in [1.165, 1.54) is 31.3 Å². The first-order valence-corrected chi connectivity index (χ1v) is 6.28. The minimum Gasteiger partial charge on any atom is -0.456 e. The average molecular weight is 233 g/mol. The molecular formula is C14H19NO2. The molecule has 2 rings (SSSR count). The number of aryl methyl sites for hydroxylation is 1. The lowest BCUT2D eigenvalue weighted by molar-refractivity contribution is 0.0925. The molecule has 0 aromatic carbocycles. The van der Waals surface area contributed by atoms with Crippen molar-refractivity contribution in [2.75, 3.05) is 6.54 Å². The maximum atomic E-state index is 11.7. The SMILES string of the molecule is Cc1ccc(C(=O)NCCC2=CCCCC2)o1. The van der Waals surface area contributed by atoms with Crippen LogP contribution >= 0.6 is 0 Å². The highest BCUT2D eigenvalue weighted by molar-refractivity contribution is 5.91. The maximum absolute atomic E-state index is 11.7. The molecule has 0 saturated heterocycles. The van der Waals surface area contributed by atoms with E-state index in [4.69, 9.17) is 4.42 Å². The summed E-state index contributed by atoms with van der Waals surface area (Å²) in [6.45, 7) is 2.54. The number of rotatable bonds is 4. The van der Waals surface area contributed by atoms with Gasteiger partial charge in [-0.3, -0.25) is 4.79 Å². The largest absolute Gasteiger partial charge is 0.456 e. The Bertz CT molecular complexity index is 418. The van der Waals surface area contributed by atoms with Gasteiger partial charge in [0, 0.05) is 6.54 Å². The Hall–Kier alpha value is -1.51. The fourth-order valence-electron chi connectivity index (χ4n) is 2.11. The Morgan fingerprint density at radius 3 is 2.94 bits per heavy atom. The third-order valence-corrected chi connectivity index (χ3v) is 3.08. The van der Waals surface area contributed by atoms with E-state index in [0.717, 1.165) is 12.2 Å². The lowest BCUT2D eigenvalue weighted by Gasteiger charge is -2.12. The van der Waals surface area contributed by atoms with Crippen LogP contribution < -0.4 is 5.32 Å². The van der Waals surface area contributed by atoms with Crippen molar-refractivity contribution in [2.24, 2.45) is 0 Å². The first kappa shape index (κ1) is 12.0. The van der Waals surface area contributed by atoms with Gasteiger partial charge in [0.15, 0.2) is 5.76 Å². The second-order valence-electron chi connectivity index (χ2n) is 4.52. The summed E-state index contributed by atoms with van der Waals surface area (Å²) in [5.41, 5.74) is 1.48. The normalized spacial score (nSPS) is 15.5. The molecule has 1 heterocycles. The van der Waals surface area contributed by atoms with Gasteiger partial charge in [0.1, 0.15) is 5.76 Å². The summed E-state index contributed by atoms with van der Waals surface area (Å²) < 4.78 is 5.26. The molecule has 0 aliphatic heterocycles. The standard InChI is InChI=1S/C14H19NO2/c1-11-7-8-13(17-11)14(16)15-10-9-12-5-3-2-4-6-12/h5,7-8H,2-4,6,9-10H2,1H3,(H,15,16). The number of hydrogen-bond acceptors (Lipinski definition) is 2. The zero-order chi connectivity index (χ0) is 12.1. The zero-order valence-corrected chi connectivity index (χ0v) is 10.3. The van der Waals surface area contributed by atoms with Crippen molar-refractivity contribution in [3.63, 3.8) is 0 Å². The van der Waals surface area contributed by atoms with Gasteiger partial charge in [-0.25, -0.2) is 0 Å². The predicted octanol–water partition coefficient (Wildman–Crippen LogP) is 3.21. The van der Waals surface area contributed by atoms with Gasteiger partial charge < -0.3 is 9.73 Å². The molecule has 3 heteroatoms. The van der Waals surface area contributed by atoms with Crippen LogP contribution in [0.15, 0.2) is 28.2 Å². The van der Waals surface area contributed by atoms with Gasteiger partial charge in [0.2, 0.25) is 0 Å². The van der Waals surface area contributed by atoms with Gasteiger partial charge in [-0.15, -0.1) is 0 Å². The molecule has 0 unspecified atom stereocenters. The molecule has 0 atom stereocenters. The minimum atomic E-state index is -0.116. The number of carbonyl (C=O) groups excluding carboxylic acids is 1. The Labute approximate surface area is 102 Å². The monoisotopic (exact) mass is 233 g/mol. The smallest absolute Gasteiger partial charge is 0.287 e. The third kappa shape index (κ3) is 3.48. The van der Waals surface area contributed by atoms with E-state index in [1.54, 1.807) is 12.1 Å². The molecule has 0 bridgehead atoms. The summed E-state index contributed by atoms with van der Waals surface area (Å²) in [4.78, 5) is 11.7. The molecule has 17 heavy (non-hydrogen) atoms. The van der Waals surface area contributed by atoms with E-state index in [0.29, 0.717) is 12.3 Å². The third-order valence-electron chi connectivity index (χ3n) is 3.08. The molecule has 0 saturated carbocycles. The van der Waals surface area contributed by atoms with E-state index in [9.17, 15) is 4.79 Å². The van der Waals surface area contributed by atoms with E-state index < -0.39 is 0 Å². The van der Waals surface area contributed by atoms with Gasteiger partial charge in [-0.2, -0.15) is 0 Å². The van der Waals surface area contributed by atoms with Crippen LogP contribution in [-0.4, -0.2) is 12.5 Å². The van der Waals surface area contributed by atoms with Crippen molar-refractivity contribution in [1.82, 2.24) is 5.32 Å². The highest BCUT2D eigenvalue weighted by Crippen LogP contribution is 2.19. The number of hydrogen-bond donors (Lipinski definition) is 1. The minimum absolute atomic E-state index is 0.116. The predicted molar refractivity (Wildman–Crippen MR) is 66.9 cm³/mol. The van der Waals surface area contributed by atoms with Crippen LogP contribution in [0.1, 0.15) is 48.4 Å². The molecule has 1 aliphatic carbocycles. The first-order valence-electron chi connectivity index (χ1n) is 6.28. The highest BCUT2D eigenvalue weighted by Gasteiger charge is 2.09. The van der Waals surface area contributed by atoms with Gasteiger partial charge in [0.25, 0.3) is 5.91 Å². The molecule has 3 nitrogen and oxygen atoms in total. The molecular weight excluding hydrogens is 214 g/mol. The Morgan fingerprint density at radius 2 is 2.29 bits per heavy atom. The summed E-state index contributed by atoms with van der Waals surface area (Å²) in [7, 11) is 0. The lowest BCUT2D eigenvalue weighted by Crippen LogP contribution is -2.24. The maximum Gasteiger partial charge on any atom is 0.287 e. The molecule has 0 fully saturated rings. The fraction of sp³-hybridized carbons (Fsp3) is 0.500. The van der Waals surface area contributed by atoms with Crippen LogP contribution in [0.2, 0.25) is 0 Å². The lowest BCUT2D eigenvalue weighted by atomic mass is 9.97. The van der Waals surface area contributed by atoms with Crippen LogP contribution in [-0.2, 0) is 0 Å². The van der Waals surface area contributed by atoms with Crippen LogP contribution in [0.4, 0.5) is 0 Å². The molecule has 1 aromatic heterocycles. The van der Waals surface area contributed by atoms with Crippen molar-refractivity contribution in [2.45, 2.75) is 39.0 Å². The summed E-state index contributed by atoms with van der Waals surface area (Å²) in [6, 6.07) is 3.52. The molecule has 92 valence electrons.